The lowest BCUT2D eigenvalue weighted by Gasteiger charge is -2.23. The summed E-state index contributed by atoms with van der Waals surface area (Å²) in [5, 5.41) is 5.81. The van der Waals surface area contributed by atoms with E-state index in [9.17, 15) is 4.79 Å². The van der Waals surface area contributed by atoms with Crippen LogP contribution in [0.4, 0.5) is 5.69 Å². The Morgan fingerprint density at radius 1 is 1.12 bits per heavy atom. The number of nitrogens with zero attached hydrogens (tertiary/aromatic N) is 5. The Hall–Kier alpha value is -3.97. The number of rotatable bonds is 5. The molecule has 0 N–H and O–H groups in total. The first-order valence-electron chi connectivity index (χ1n) is 10.4. The van der Waals surface area contributed by atoms with Gasteiger partial charge in [0.2, 0.25) is 0 Å². The molecular weight excluding hydrogens is 438 g/mol. The van der Waals surface area contributed by atoms with Crippen molar-refractivity contribution in [3.63, 3.8) is 0 Å². The summed E-state index contributed by atoms with van der Waals surface area (Å²) in [6, 6.07) is 18.2. The smallest absolute Gasteiger partial charge is 0.259 e. The molecule has 1 aromatic carbocycles. The van der Waals surface area contributed by atoms with E-state index in [1.54, 1.807) is 46.3 Å². The standard InChI is InChI=1S/C25H20ClN5O2/c1-16-23-20(14-21(22-7-5-13-33-22)28-24(23)30(2)29-16)25(32)31(15-18-6-3-4-12-27-18)19-10-8-17(26)9-11-19/h3-14H,15H2,1-2H3. The van der Waals surface area contributed by atoms with Crippen molar-refractivity contribution in [2.75, 3.05) is 4.90 Å². The summed E-state index contributed by atoms with van der Waals surface area (Å²) >= 11 is 6.11. The van der Waals surface area contributed by atoms with Crippen LogP contribution >= 0.6 is 11.6 Å². The van der Waals surface area contributed by atoms with Crippen molar-refractivity contribution in [3.05, 3.63) is 95.1 Å². The average molecular weight is 458 g/mol. The minimum atomic E-state index is -0.195. The minimum absolute atomic E-state index is 0.195. The lowest BCUT2D eigenvalue weighted by atomic mass is 10.1. The van der Waals surface area contributed by atoms with Crippen LogP contribution in [0.5, 0.6) is 0 Å². The third-order valence-electron chi connectivity index (χ3n) is 5.40. The van der Waals surface area contributed by atoms with Gasteiger partial charge in [0, 0.05) is 24.0 Å². The van der Waals surface area contributed by atoms with Gasteiger partial charge in [-0.25, -0.2) is 4.98 Å². The van der Waals surface area contributed by atoms with Crippen LogP contribution in [0.25, 0.3) is 22.5 Å². The number of carbonyl (C=O) groups is 1. The number of fused-ring (bicyclic) bond motifs is 1. The van der Waals surface area contributed by atoms with E-state index in [4.69, 9.17) is 21.0 Å². The number of furan rings is 1. The fraction of sp³-hybridized carbons (Fsp3) is 0.120. The number of benzene rings is 1. The van der Waals surface area contributed by atoms with Crippen molar-refractivity contribution in [2.24, 2.45) is 7.05 Å². The molecule has 8 heteroatoms. The van der Waals surface area contributed by atoms with Crippen LogP contribution in [0.15, 0.2) is 77.5 Å². The molecule has 0 unspecified atom stereocenters. The molecule has 5 rings (SSSR count). The molecule has 164 valence electrons. The summed E-state index contributed by atoms with van der Waals surface area (Å²) < 4.78 is 7.24. The van der Waals surface area contributed by atoms with Gasteiger partial charge < -0.3 is 9.32 Å². The number of anilines is 1. The van der Waals surface area contributed by atoms with Crippen LogP contribution < -0.4 is 4.90 Å². The third-order valence-corrected chi connectivity index (χ3v) is 5.65. The van der Waals surface area contributed by atoms with Gasteiger partial charge in [-0.3, -0.25) is 14.5 Å². The van der Waals surface area contributed by atoms with Crippen molar-refractivity contribution < 1.29 is 9.21 Å². The highest BCUT2D eigenvalue weighted by atomic mass is 35.5. The Morgan fingerprint density at radius 2 is 1.94 bits per heavy atom. The molecule has 0 aliphatic carbocycles. The molecule has 5 aromatic rings. The number of pyridine rings is 2. The molecule has 0 radical (unpaired) electrons. The van der Waals surface area contributed by atoms with Crippen LogP contribution in [0.2, 0.25) is 5.02 Å². The van der Waals surface area contributed by atoms with Crippen LogP contribution in [-0.4, -0.2) is 25.7 Å². The second-order valence-corrected chi connectivity index (χ2v) is 8.07. The Bertz CT molecular complexity index is 1430. The molecule has 0 saturated heterocycles. The Labute approximate surface area is 195 Å². The monoisotopic (exact) mass is 457 g/mol. The Morgan fingerprint density at radius 3 is 2.64 bits per heavy atom. The minimum Gasteiger partial charge on any atom is -0.463 e. The van der Waals surface area contributed by atoms with E-state index in [2.05, 4.69) is 10.1 Å². The van der Waals surface area contributed by atoms with Crippen molar-refractivity contribution >= 4 is 34.2 Å². The van der Waals surface area contributed by atoms with E-state index in [1.165, 1.54) is 0 Å². The molecule has 33 heavy (non-hydrogen) atoms. The fourth-order valence-electron chi connectivity index (χ4n) is 3.86. The summed E-state index contributed by atoms with van der Waals surface area (Å²) in [6.45, 7) is 2.17. The highest BCUT2D eigenvalue weighted by molar-refractivity contribution is 6.30. The maximum absolute atomic E-state index is 14.1. The van der Waals surface area contributed by atoms with E-state index in [-0.39, 0.29) is 5.91 Å². The van der Waals surface area contributed by atoms with Gasteiger partial charge in [-0.05, 0) is 61.5 Å². The number of amides is 1. The molecule has 0 saturated carbocycles. The summed E-state index contributed by atoms with van der Waals surface area (Å²) in [7, 11) is 1.81. The molecule has 0 aliphatic heterocycles. The van der Waals surface area contributed by atoms with Gasteiger partial charge in [-0.15, -0.1) is 0 Å². The van der Waals surface area contributed by atoms with Crippen molar-refractivity contribution in [2.45, 2.75) is 13.5 Å². The zero-order valence-corrected chi connectivity index (χ0v) is 18.8. The Balaban J connectivity index is 1.68. The first-order chi connectivity index (χ1) is 16.0. The van der Waals surface area contributed by atoms with E-state index in [0.29, 0.717) is 45.3 Å². The molecule has 4 aromatic heterocycles. The SMILES string of the molecule is Cc1nn(C)c2nc(-c3ccco3)cc(C(=O)N(Cc3ccccn3)c3ccc(Cl)cc3)c12. The van der Waals surface area contributed by atoms with Gasteiger partial charge in [0.15, 0.2) is 11.4 Å². The Kier molecular flexibility index (Phi) is 5.40. The predicted molar refractivity (Wildman–Crippen MR) is 127 cm³/mol. The summed E-state index contributed by atoms with van der Waals surface area (Å²) in [5.74, 6) is 0.381. The normalized spacial score (nSPS) is 11.1. The number of halogens is 1. The van der Waals surface area contributed by atoms with Gasteiger partial charge in [-0.1, -0.05) is 17.7 Å². The third kappa shape index (κ3) is 3.99. The molecule has 4 heterocycles. The van der Waals surface area contributed by atoms with E-state index in [1.807, 2.05) is 50.4 Å². The highest BCUT2D eigenvalue weighted by Crippen LogP contribution is 2.30. The van der Waals surface area contributed by atoms with Gasteiger partial charge in [0.25, 0.3) is 5.91 Å². The summed E-state index contributed by atoms with van der Waals surface area (Å²) in [5.41, 5.74) is 3.86. The van der Waals surface area contributed by atoms with E-state index < -0.39 is 0 Å². The quantitative estimate of drug-likeness (QED) is 0.351. The van der Waals surface area contributed by atoms with E-state index >= 15 is 0 Å². The van der Waals surface area contributed by atoms with Crippen LogP contribution in [0.1, 0.15) is 21.7 Å². The second-order valence-electron chi connectivity index (χ2n) is 7.63. The number of aromatic nitrogens is 4. The lowest BCUT2D eigenvalue weighted by Crippen LogP contribution is -2.31. The molecule has 7 nitrogen and oxygen atoms in total. The zero-order chi connectivity index (χ0) is 22.9. The van der Waals surface area contributed by atoms with Gasteiger partial charge in [0.1, 0.15) is 5.69 Å². The lowest BCUT2D eigenvalue weighted by molar-refractivity contribution is 0.0986. The molecule has 1 amide bonds. The van der Waals surface area contributed by atoms with Crippen LogP contribution in [-0.2, 0) is 13.6 Å². The van der Waals surface area contributed by atoms with Crippen LogP contribution in [0.3, 0.4) is 0 Å². The molecule has 0 fully saturated rings. The average Bonchev–Trinajstić information content (AvgIpc) is 3.46. The maximum Gasteiger partial charge on any atom is 0.259 e. The molecule has 0 aliphatic rings. The summed E-state index contributed by atoms with van der Waals surface area (Å²) in [6.07, 6.45) is 3.29. The topological polar surface area (TPSA) is 77.0 Å². The zero-order valence-electron chi connectivity index (χ0n) is 18.1. The number of carbonyl (C=O) groups excluding carboxylic acids is 1. The first kappa shape index (κ1) is 20.9. The molecule has 0 spiro atoms. The number of hydrogen-bond donors (Lipinski definition) is 0. The molecule has 0 atom stereocenters. The number of hydrogen-bond acceptors (Lipinski definition) is 5. The molecule has 0 bridgehead atoms. The predicted octanol–water partition coefficient (Wildman–Crippen LogP) is 5.43. The first-order valence-corrected chi connectivity index (χ1v) is 10.7. The van der Waals surface area contributed by atoms with Crippen molar-refractivity contribution in [1.29, 1.82) is 0 Å². The van der Waals surface area contributed by atoms with Crippen LogP contribution in [0, 0.1) is 6.92 Å². The van der Waals surface area contributed by atoms with Gasteiger partial charge >= 0.3 is 0 Å². The van der Waals surface area contributed by atoms with Gasteiger partial charge in [-0.2, -0.15) is 5.10 Å². The van der Waals surface area contributed by atoms with Crippen molar-refractivity contribution in [1.82, 2.24) is 19.7 Å². The molecular formula is C25H20ClN5O2. The number of aryl methyl sites for hydroxylation is 2. The highest BCUT2D eigenvalue weighted by Gasteiger charge is 2.25. The van der Waals surface area contributed by atoms with Gasteiger partial charge in [0.05, 0.1) is 35.1 Å². The maximum atomic E-state index is 14.1. The largest absolute Gasteiger partial charge is 0.463 e. The second kappa shape index (κ2) is 8.52. The fourth-order valence-corrected chi connectivity index (χ4v) is 3.99. The van der Waals surface area contributed by atoms with Crippen molar-refractivity contribution in [3.8, 4) is 11.5 Å². The summed E-state index contributed by atoms with van der Waals surface area (Å²) in [4.78, 5) is 24.9. The van der Waals surface area contributed by atoms with E-state index in [0.717, 1.165) is 11.4 Å².